The molecule has 1 N–H and O–H groups in total. The summed E-state index contributed by atoms with van der Waals surface area (Å²) >= 11 is 0. The van der Waals surface area contributed by atoms with E-state index < -0.39 is 0 Å². The van der Waals surface area contributed by atoms with E-state index in [2.05, 4.69) is 29.2 Å². The van der Waals surface area contributed by atoms with Gasteiger partial charge in [0.2, 0.25) is 5.91 Å². The molecule has 2 aliphatic rings. The topological polar surface area (TPSA) is 59.4 Å². The second-order valence-corrected chi connectivity index (χ2v) is 7.02. The molecule has 0 saturated carbocycles. The van der Waals surface area contributed by atoms with Crippen LogP contribution in [0.15, 0.2) is 0 Å². The summed E-state index contributed by atoms with van der Waals surface area (Å²) in [6.07, 6.45) is 2.60. The van der Waals surface area contributed by atoms with Crippen LogP contribution in [0.25, 0.3) is 0 Å². The Kier molecular flexibility index (Phi) is 4.73. The molecule has 0 aliphatic carbocycles. The number of morpholine rings is 1. The molecule has 128 valence electrons. The Labute approximate surface area is 138 Å². The largest absolute Gasteiger partial charge is 0.376 e. The monoisotopic (exact) mass is 320 g/mol. The summed E-state index contributed by atoms with van der Waals surface area (Å²) in [5.41, 5.74) is 3.38. The van der Waals surface area contributed by atoms with E-state index in [9.17, 15) is 4.79 Å². The molecule has 23 heavy (non-hydrogen) atoms. The maximum absolute atomic E-state index is 12.3. The summed E-state index contributed by atoms with van der Waals surface area (Å²) in [4.78, 5) is 14.7. The highest BCUT2D eigenvalue weighted by Crippen LogP contribution is 2.23. The summed E-state index contributed by atoms with van der Waals surface area (Å²) in [7, 11) is 1.95. The lowest BCUT2D eigenvalue weighted by atomic mass is 10.1. The minimum atomic E-state index is 0.145. The van der Waals surface area contributed by atoms with Gasteiger partial charge in [0.05, 0.1) is 18.4 Å². The second-order valence-electron chi connectivity index (χ2n) is 7.02. The maximum atomic E-state index is 12.3. The molecular weight excluding hydrogens is 292 g/mol. The van der Waals surface area contributed by atoms with Gasteiger partial charge in [0, 0.05) is 44.3 Å². The molecule has 0 bridgehead atoms. The molecule has 0 unspecified atom stereocenters. The second kappa shape index (κ2) is 6.61. The zero-order valence-electron chi connectivity index (χ0n) is 14.6. The van der Waals surface area contributed by atoms with E-state index >= 15 is 0 Å². The zero-order chi connectivity index (χ0) is 16.6. The van der Waals surface area contributed by atoms with Gasteiger partial charge >= 0.3 is 0 Å². The lowest BCUT2D eigenvalue weighted by molar-refractivity contribution is -0.121. The fraction of sp³-hybridized carbons (Fsp3) is 0.765. The number of hydrogen-bond donors (Lipinski definition) is 1. The summed E-state index contributed by atoms with van der Waals surface area (Å²) < 4.78 is 7.60. The van der Waals surface area contributed by atoms with Crippen molar-refractivity contribution in [3.63, 3.8) is 0 Å². The van der Waals surface area contributed by atoms with E-state index in [1.54, 1.807) is 0 Å². The Bertz CT molecular complexity index is 583. The number of hydrogen-bond acceptors (Lipinski definition) is 4. The standard InChI is InChI=1S/C17H28N4O2/c1-11-8-21-9-14(7-15(21)10-23-11)18-17(22)6-5-16-12(2)19-20(4)13(16)3/h11,14-15H,5-10H2,1-4H3,(H,18,22)/t11-,14+,15-/m0/s1. The van der Waals surface area contributed by atoms with Crippen LogP contribution in [0, 0.1) is 13.8 Å². The molecule has 6 nitrogen and oxygen atoms in total. The van der Waals surface area contributed by atoms with Crippen molar-refractivity contribution in [2.75, 3.05) is 19.7 Å². The molecule has 1 amide bonds. The fourth-order valence-corrected chi connectivity index (χ4v) is 3.86. The normalized spacial score (nSPS) is 27.9. The first-order valence-electron chi connectivity index (χ1n) is 8.58. The fourth-order valence-electron chi connectivity index (χ4n) is 3.86. The van der Waals surface area contributed by atoms with Gasteiger partial charge in [-0.05, 0) is 39.2 Å². The molecule has 3 rings (SSSR count). The third-order valence-electron chi connectivity index (χ3n) is 5.22. The van der Waals surface area contributed by atoms with Gasteiger partial charge < -0.3 is 10.1 Å². The first-order valence-corrected chi connectivity index (χ1v) is 8.58. The highest BCUT2D eigenvalue weighted by Gasteiger charge is 2.36. The summed E-state index contributed by atoms with van der Waals surface area (Å²) in [5.74, 6) is 0.145. The summed E-state index contributed by atoms with van der Waals surface area (Å²) in [6.45, 7) is 8.90. The number of rotatable bonds is 4. The molecule has 0 radical (unpaired) electrons. The minimum Gasteiger partial charge on any atom is -0.376 e. The van der Waals surface area contributed by atoms with Gasteiger partial charge in [-0.1, -0.05) is 0 Å². The van der Waals surface area contributed by atoms with E-state index in [-0.39, 0.29) is 11.9 Å². The van der Waals surface area contributed by atoms with Gasteiger partial charge in [-0.2, -0.15) is 5.10 Å². The van der Waals surface area contributed by atoms with Crippen molar-refractivity contribution in [1.82, 2.24) is 20.0 Å². The summed E-state index contributed by atoms with van der Waals surface area (Å²) in [6, 6.07) is 0.733. The van der Waals surface area contributed by atoms with Crippen molar-refractivity contribution in [1.29, 1.82) is 0 Å². The zero-order valence-corrected chi connectivity index (χ0v) is 14.6. The van der Waals surface area contributed by atoms with Crippen molar-refractivity contribution >= 4 is 5.91 Å². The third kappa shape index (κ3) is 3.58. The number of nitrogens with one attached hydrogen (secondary N) is 1. The Morgan fingerprint density at radius 1 is 1.39 bits per heavy atom. The number of amides is 1. The van der Waals surface area contributed by atoms with Crippen LogP contribution < -0.4 is 5.32 Å². The molecule has 3 atom stereocenters. The number of ether oxygens (including phenoxy) is 1. The molecule has 2 aliphatic heterocycles. The predicted octanol–water partition coefficient (Wildman–Crippen LogP) is 0.947. The Morgan fingerprint density at radius 2 is 2.17 bits per heavy atom. The molecule has 1 aromatic heterocycles. The van der Waals surface area contributed by atoms with Crippen molar-refractivity contribution in [2.24, 2.45) is 7.05 Å². The number of fused-ring (bicyclic) bond motifs is 1. The molecule has 2 fully saturated rings. The Hall–Kier alpha value is -1.40. The lowest BCUT2D eigenvalue weighted by Crippen LogP contribution is -2.45. The van der Waals surface area contributed by atoms with Gasteiger partial charge in [0.25, 0.3) is 0 Å². The Morgan fingerprint density at radius 3 is 2.87 bits per heavy atom. The minimum absolute atomic E-state index is 0.145. The smallest absolute Gasteiger partial charge is 0.220 e. The maximum Gasteiger partial charge on any atom is 0.220 e. The van der Waals surface area contributed by atoms with Crippen molar-refractivity contribution < 1.29 is 9.53 Å². The van der Waals surface area contributed by atoms with Crippen LogP contribution in [0.4, 0.5) is 0 Å². The van der Waals surface area contributed by atoms with Crippen molar-refractivity contribution in [2.45, 2.75) is 58.2 Å². The first kappa shape index (κ1) is 16.5. The van der Waals surface area contributed by atoms with Crippen LogP contribution in [-0.4, -0.2) is 58.5 Å². The van der Waals surface area contributed by atoms with Gasteiger partial charge in [0.15, 0.2) is 0 Å². The number of carbonyl (C=O) groups excluding carboxylic acids is 1. The highest BCUT2D eigenvalue weighted by atomic mass is 16.5. The molecule has 0 spiro atoms. The molecule has 1 aromatic rings. The first-order chi connectivity index (χ1) is 10.9. The lowest BCUT2D eigenvalue weighted by Gasteiger charge is -2.33. The number of carbonyl (C=O) groups is 1. The van der Waals surface area contributed by atoms with Gasteiger partial charge in [-0.25, -0.2) is 0 Å². The molecular formula is C17H28N4O2. The van der Waals surface area contributed by atoms with E-state index in [4.69, 9.17) is 4.74 Å². The van der Waals surface area contributed by atoms with Crippen molar-refractivity contribution in [3.05, 3.63) is 17.0 Å². The quantitative estimate of drug-likeness (QED) is 0.897. The van der Waals surface area contributed by atoms with Crippen LogP contribution in [0.5, 0.6) is 0 Å². The van der Waals surface area contributed by atoms with Crippen molar-refractivity contribution in [3.8, 4) is 0 Å². The van der Waals surface area contributed by atoms with Crippen LogP contribution in [0.2, 0.25) is 0 Å². The average molecular weight is 320 g/mol. The van der Waals surface area contributed by atoms with Gasteiger partial charge in [-0.3, -0.25) is 14.4 Å². The van der Waals surface area contributed by atoms with Gasteiger partial charge in [-0.15, -0.1) is 0 Å². The number of nitrogens with zero attached hydrogens (tertiary/aromatic N) is 3. The average Bonchev–Trinajstić information content (AvgIpc) is 2.98. The van der Waals surface area contributed by atoms with E-state index in [1.807, 2.05) is 18.7 Å². The SMILES string of the molecule is Cc1nn(C)c(C)c1CCC(=O)N[C@@H]1C[C@H]2CO[C@@H](C)CN2C1. The number of aromatic nitrogens is 2. The molecule has 2 saturated heterocycles. The van der Waals surface area contributed by atoms with Crippen LogP contribution in [0.1, 0.15) is 36.7 Å². The van der Waals surface area contributed by atoms with Gasteiger partial charge in [0.1, 0.15) is 0 Å². The van der Waals surface area contributed by atoms with E-state index in [0.717, 1.165) is 43.9 Å². The molecule has 3 heterocycles. The highest BCUT2D eigenvalue weighted by molar-refractivity contribution is 5.76. The van der Waals surface area contributed by atoms with E-state index in [0.29, 0.717) is 18.6 Å². The van der Waals surface area contributed by atoms with Crippen LogP contribution in [-0.2, 0) is 23.0 Å². The molecule has 6 heteroatoms. The number of aryl methyl sites for hydroxylation is 2. The Balaban J connectivity index is 1.48. The summed E-state index contributed by atoms with van der Waals surface area (Å²) in [5, 5.41) is 7.61. The molecule has 0 aromatic carbocycles. The predicted molar refractivity (Wildman–Crippen MR) is 88.3 cm³/mol. The third-order valence-corrected chi connectivity index (χ3v) is 5.22. The van der Waals surface area contributed by atoms with Crippen LogP contribution >= 0.6 is 0 Å². The van der Waals surface area contributed by atoms with Crippen LogP contribution in [0.3, 0.4) is 0 Å². The van der Waals surface area contributed by atoms with E-state index in [1.165, 1.54) is 5.56 Å².